The van der Waals surface area contributed by atoms with Gasteiger partial charge in [-0.3, -0.25) is 0 Å². The predicted molar refractivity (Wildman–Crippen MR) is 64.0 cm³/mol. The molecule has 0 spiro atoms. The third kappa shape index (κ3) is 5.89. The van der Waals surface area contributed by atoms with E-state index in [0.29, 0.717) is 0 Å². The maximum Gasteiger partial charge on any atom is 0.0476 e. The zero-order valence-electron chi connectivity index (χ0n) is 9.42. The molecule has 0 atom stereocenters. The average Bonchev–Trinajstić information content (AvgIpc) is 2.18. The summed E-state index contributed by atoms with van der Waals surface area (Å²) in [7, 11) is 0. The first-order valence-corrected chi connectivity index (χ1v) is 6.74. The molecule has 0 aromatic carbocycles. The Kier molecular flexibility index (Phi) is 6.65. The summed E-state index contributed by atoms with van der Waals surface area (Å²) >= 11 is 2.11. The molecule has 3 heteroatoms. The van der Waals surface area contributed by atoms with E-state index in [1.807, 2.05) is 0 Å². The van der Waals surface area contributed by atoms with Gasteiger partial charge in [0.05, 0.1) is 0 Å². The van der Waals surface area contributed by atoms with Crippen molar-refractivity contribution in [1.29, 1.82) is 0 Å². The van der Waals surface area contributed by atoms with Gasteiger partial charge in [0.25, 0.3) is 0 Å². The lowest BCUT2D eigenvalue weighted by atomic mass is 10.2. The molecule has 0 aliphatic carbocycles. The van der Waals surface area contributed by atoms with Gasteiger partial charge in [-0.15, -0.1) is 0 Å². The summed E-state index contributed by atoms with van der Waals surface area (Å²) in [5, 5.41) is 4.32. The van der Waals surface area contributed by atoms with Crippen LogP contribution in [0.3, 0.4) is 0 Å². The topological polar surface area (TPSA) is 21.3 Å². The Labute approximate surface area is 92.2 Å². The largest absolute Gasteiger partial charge is 0.381 e. The summed E-state index contributed by atoms with van der Waals surface area (Å²) in [5.41, 5.74) is 0. The maximum absolute atomic E-state index is 5.33. The molecule has 1 heterocycles. The number of rotatable bonds is 6. The lowest BCUT2D eigenvalue weighted by Crippen LogP contribution is -2.24. The number of nitrogens with one attached hydrogen (secondary N) is 1. The molecule has 0 unspecified atom stereocenters. The summed E-state index contributed by atoms with van der Waals surface area (Å²) in [5.74, 6) is 2.01. The molecule has 0 aromatic rings. The average molecular weight is 217 g/mol. The van der Waals surface area contributed by atoms with Crippen LogP contribution >= 0.6 is 11.8 Å². The van der Waals surface area contributed by atoms with Crippen LogP contribution in [0.5, 0.6) is 0 Å². The van der Waals surface area contributed by atoms with Crippen LogP contribution in [0, 0.1) is 5.92 Å². The highest BCUT2D eigenvalue weighted by Crippen LogP contribution is 2.21. The summed E-state index contributed by atoms with van der Waals surface area (Å²) in [6, 6.07) is 0. The van der Waals surface area contributed by atoms with Crippen LogP contribution in [0.2, 0.25) is 0 Å². The van der Waals surface area contributed by atoms with E-state index in [2.05, 4.69) is 30.9 Å². The smallest absolute Gasteiger partial charge is 0.0476 e. The van der Waals surface area contributed by atoms with E-state index in [4.69, 9.17) is 4.74 Å². The molecule has 14 heavy (non-hydrogen) atoms. The standard InChI is InChI=1S/C11H23NOS/c1-10(2)9-12-5-8-14-11-3-6-13-7-4-11/h10-12H,3-9H2,1-2H3. The lowest BCUT2D eigenvalue weighted by Gasteiger charge is -2.21. The quantitative estimate of drug-likeness (QED) is 0.689. The van der Waals surface area contributed by atoms with E-state index in [1.165, 1.54) is 18.6 Å². The van der Waals surface area contributed by atoms with Gasteiger partial charge in [0.2, 0.25) is 0 Å². The Hall–Kier alpha value is 0.270. The van der Waals surface area contributed by atoms with Gasteiger partial charge in [0.1, 0.15) is 0 Å². The van der Waals surface area contributed by atoms with Gasteiger partial charge in [0.15, 0.2) is 0 Å². The molecule has 1 N–H and O–H groups in total. The first kappa shape index (κ1) is 12.3. The van der Waals surface area contributed by atoms with Crippen LogP contribution in [-0.4, -0.2) is 37.3 Å². The summed E-state index contributed by atoms with van der Waals surface area (Å²) in [6.45, 7) is 8.74. The Morgan fingerprint density at radius 2 is 2.07 bits per heavy atom. The van der Waals surface area contributed by atoms with Crippen molar-refractivity contribution in [3.8, 4) is 0 Å². The van der Waals surface area contributed by atoms with Crippen molar-refractivity contribution in [2.45, 2.75) is 31.9 Å². The third-order valence-corrected chi connectivity index (χ3v) is 3.74. The monoisotopic (exact) mass is 217 g/mol. The molecular formula is C11H23NOS. The molecule has 2 nitrogen and oxygen atoms in total. The van der Waals surface area contributed by atoms with Crippen molar-refractivity contribution >= 4 is 11.8 Å². The highest BCUT2D eigenvalue weighted by atomic mass is 32.2. The van der Waals surface area contributed by atoms with E-state index in [-0.39, 0.29) is 0 Å². The second kappa shape index (κ2) is 7.55. The Morgan fingerprint density at radius 3 is 2.71 bits per heavy atom. The van der Waals surface area contributed by atoms with Crippen molar-refractivity contribution in [1.82, 2.24) is 5.32 Å². The third-order valence-electron chi connectivity index (χ3n) is 2.35. The fourth-order valence-corrected chi connectivity index (χ4v) is 2.65. The fourth-order valence-electron chi connectivity index (χ4n) is 1.53. The molecule has 0 saturated carbocycles. The van der Waals surface area contributed by atoms with Crippen molar-refractivity contribution in [3.63, 3.8) is 0 Å². The van der Waals surface area contributed by atoms with Crippen molar-refractivity contribution < 1.29 is 4.74 Å². The number of thioether (sulfide) groups is 1. The van der Waals surface area contributed by atoms with Gasteiger partial charge < -0.3 is 10.1 Å². The second-order valence-electron chi connectivity index (χ2n) is 4.28. The van der Waals surface area contributed by atoms with Crippen molar-refractivity contribution in [2.24, 2.45) is 5.92 Å². The van der Waals surface area contributed by atoms with Crippen molar-refractivity contribution in [3.05, 3.63) is 0 Å². The van der Waals surface area contributed by atoms with E-state index < -0.39 is 0 Å². The van der Waals surface area contributed by atoms with Crippen LogP contribution in [0.15, 0.2) is 0 Å². The molecule has 0 amide bonds. The Balaban J connectivity index is 1.87. The molecule has 0 bridgehead atoms. The molecule has 84 valence electrons. The fraction of sp³-hybridized carbons (Fsp3) is 1.00. The normalized spacial score (nSPS) is 19.1. The van der Waals surface area contributed by atoms with E-state index in [0.717, 1.165) is 37.5 Å². The zero-order valence-corrected chi connectivity index (χ0v) is 10.2. The van der Waals surface area contributed by atoms with Gasteiger partial charge >= 0.3 is 0 Å². The van der Waals surface area contributed by atoms with Crippen LogP contribution in [0.4, 0.5) is 0 Å². The van der Waals surface area contributed by atoms with Gasteiger partial charge in [-0.2, -0.15) is 11.8 Å². The number of ether oxygens (including phenoxy) is 1. The van der Waals surface area contributed by atoms with Gasteiger partial charge in [-0.25, -0.2) is 0 Å². The molecule has 0 aromatic heterocycles. The van der Waals surface area contributed by atoms with Gasteiger partial charge in [-0.1, -0.05) is 13.8 Å². The van der Waals surface area contributed by atoms with Gasteiger partial charge in [-0.05, 0) is 25.3 Å². The molecule has 1 rings (SSSR count). The summed E-state index contributed by atoms with van der Waals surface area (Å²) in [6.07, 6.45) is 2.49. The Morgan fingerprint density at radius 1 is 1.36 bits per heavy atom. The van der Waals surface area contributed by atoms with Crippen molar-refractivity contribution in [2.75, 3.05) is 32.1 Å². The zero-order chi connectivity index (χ0) is 10.2. The molecule has 1 aliphatic heterocycles. The predicted octanol–water partition coefficient (Wildman–Crippen LogP) is 2.14. The highest BCUT2D eigenvalue weighted by Gasteiger charge is 2.13. The molecule has 1 aliphatic rings. The second-order valence-corrected chi connectivity index (χ2v) is 5.69. The maximum atomic E-state index is 5.33. The lowest BCUT2D eigenvalue weighted by molar-refractivity contribution is 0.100. The van der Waals surface area contributed by atoms with Crippen LogP contribution < -0.4 is 5.32 Å². The van der Waals surface area contributed by atoms with E-state index in [9.17, 15) is 0 Å². The minimum atomic E-state index is 0.767. The summed E-state index contributed by atoms with van der Waals surface area (Å²) in [4.78, 5) is 0. The minimum Gasteiger partial charge on any atom is -0.381 e. The van der Waals surface area contributed by atoms with Gasteiger partial charge in [0, 0.05) is 30.8 Å². The van der Waals surface area contributed by atoms with Crippen LogP contribution in [0.1, 0.15) is 26.7 Å². The van der Waals surface area contributed by atoms with E-state index >= 15 is 0 Å². The SMILES string of the molecule is CC(C)CNCCSC1CCOCC1. The number of hydrogen-bond acceptors (Lipinski definition) is 3. The molecule has 1 fully saturated rings. The molecule has 1 saturated heterocycles. The Bertz CT molecular complexity index is 135. The molecular weight excluding hydrogens is 194 g/mol. The first-order valence-electron chi connectivity index (χ1n) is 5.69. The number of hydrogen-bond donors (Lipinski definition) is 1. The van der Waals surface area contributed by atoms with Crippen LogP contribution in [0.25, 0.3) is 0 Å². The van der Waals surface area contributed by atoms with Crippen LogP contribution in [-0.2, 0) is 4.74 Å². The first-order chi connectivity index (χ1) is 6.79. The molecule has 0 radical (unpaired) electrons. The summed E-state index contributed by atoms with van der Waals surface area (Å²) < 4.78 is 5.33. The highest BCUT2D eigenvalue weighted by molar-refractivity contribution is 7.99. The minimum absolute atomic E-state index is 0.767. The van der Waals surface area contributed by atoms with E-state index in [1.54, 1.807) is 0 Å².